The molecule has 0 aliphatic heterocycles. The summed E-state index contributed by atoms with van der Waals surface area (Å²) in [6.07, 6.45) is 1.36. The molecule has 0 saturated carbocycles. The van der Waals surface area contributed by atoms with Crippen LogP contribution in [0.1, 0.15) is 29.8 Å². The lowest BCUT2D eigenvalue weighted by Crippen LogP contribution is -2.24. The zero-order valence-corrected chi connectivity index (χ0v) is 20.2. The number of carbonyl (C=O) groups excluding carboxylic acids is 2. The molecule has 192 valence electrons. The fourth-order valence-corrected chi connectivity index (χ4v) is 3.05. The second kappa shape index (κ2) is 13.2. The highest BCUT2D eigenvalue weighted by atomic mass is 16.6. The van der Waals surface area contributed by atoms with E-state index in [2.05, 4.69) is 10.5 Å². The molecule has 0 spiro atoms. The van der Waals surface area contributed by atoms with Crippen molar-refractivity contribution in [2.75, 3.05) is 19.8 Å². The number of esters is 1. The van der Waals surface area contributed by atoms with Crippen LogP contribution in [0.2, 0.25) is 0 Å². The molecule has 0 heterocycles. The van der Waals surface area contributed by atoms with E-state index in [1.54, 1.807) is 55.5 Å². The lowest BCUT2D eigenvalue weighted by atomic mass is 10.2. The largest absolute Gasteiger partial charge is 0.494 e. The van der Waals surface area contributed by atoms with Gasteiger partial charge in [0.1, 0.15) is 5.75 Å². The van der Waals surface area contributed by atoms with Crippen LogP contribution in [-0.4, -0.2) is 42.8 Å². The van der Waals surface area contributed by atoms with E-state index in [-0.39, 0.29) is 17.2 Å². The number of nitro groups is 1. The third-order valence-electron chi connectivity index (χ3n) is 4.69. The standard InChI is InChI=1S/C26H25N3O8/c1-3-34-20-12-10-19(11-13-20)26(31)37-23-14-9-18(15-24(23)35-4-2)16-27-28-25(30)17-36-22-8-6-5-7-21(22)29(32)33/h5-16H,3-4,17H2,1-2H3,(H,28,30)/b27-16-. The van der Waals surface area contributed by atoms with Crippen molar-refractivity contribution in [1.29, 1.82) is 0 Å². The van der Waals surface area contributed by atoms with Gasteiger partial charge in [-0.2, -0.15) is 5.10 Å². The van der Waals surface area contributed by atoms with E-state index < -0.39 is 23.4 Å². The zero-order chi connectivity index (χ0) is 26.6. The van der Waals surface area contributed by atoms with Gasteiger partial charge in [-0.1, -0.05) is 12.1 Å². The van der Waals surface area contributed by atoms with E-state index >= 15 is 0 Å². The predicted octanol–water partition coefficient (Wildman–Crippen LogP) is 4.14. The average Bonchev–Trinajstić information content (AvgIpc) is 2.89. The Morgan fingerprint density at radius 2 is 1.65 bits per heavy atom. The van der Waals surface area contributed by atoms with Gasteiger partial charge in [-0.15, -0.1) is 0 Å². The number of hydrogen-bond donors (Lipinski definition) is 1. The van der Waals surface area contributed by atoms with Crippen LogP contribution in [0.3, 0.4) is 0 Å². The van der Waals surface area contributed by atoms with Crippen LogP contribution in [0.15, 0.2) is 71.8 Å². The molecule has 0 aliphatic rings. The van der Waals surface area contributed by atoms with Crippen LogP contribution >= 0.6 is 0 Å². The lowest BCUT2D eigenvalue weighted by Gasteiger charge is -2.11. The highest BCUT2D eigenvalue weighted by Crippen LogP contribution is 2.29. The summed E-state index contributed by atoms with van der Waals surface area (Å²) in [5.74, 6) is -0.00526. The summed E-state index contributed by atoms with van der Waals surface area (Å²) in [6, 6.07) is 17.1. The quantitative estimate of drug-likeness (QED) is 0.127. The molecular weight excluding hydrogens is 482 g/mol. The minimum atomic E-state index is -0.611. The SMILES string of the molecule is CCOc1ccc(C(=O)Oc2ccc(/C=N\NC(=O)COc3ccccc3[N+](=O)[O-])cc2OCC)cc1. The number of nitrogens with one attached hydrogen (secondary N) is 1. The second-order valence-corrected chi connectivity index (χ2v) is 7.29. The van der Waals surface area contributed by atoms with Crippen molar-refractivity contribution in [2.24, 2.45) is 5.10 Å². The zero-order valence-electron chi connectivity index (χ0n) is 20.2. The maximum absolute atomic E-state index is 12.6. The number of para-hydroxylation sites is 2. The summed E-state index contributed by atoms with van der Waals surface area (Å²) in [6.45, 7) is 4.04. The number of benzene rings is 3. The Hall–Kier alpha value is -4.93. The highest BCUT2D eigenvalue weighted by Gasteiger charge is 2.15. The van der Waals surface area contributed by atoms with E-state index in [4.69, 9.17) is 18.9 Å². The molecule has 3 rings (SSSR count). The fraction of sp³-hybridized carbons (Fsp3) is 0.192. The van der Waals surface area contributed by atoms with Gasteiger partial charge in [-0.25, -0.2) is 10.2 Å². The first-order chi connectivity index (χ1) is 17.9. The van der Waals surface area contributed by atoms with Crippen LogP contribution in [0.5, 0.6) is 23.0 Å². The van der Waals surface area contributed by atoms with Crippen molar-refractivity contribution in [2.45, 2.75) is 13.8 Å². The third kappa shape index (κ3) is 7.79. The van der Waals surface area contributed by atoms with Crippen LogP contribution in [0, 0.1) is 10.1 Å². The van der Waals surface area contributed by atoms with E-state index in [0.717, 1.165) is 0 Å². The molecular formula is C26H25N3O8. The normalized spacial score (nSPS) is 10.5. The molecule has 1 N–H and O–H groups in total. The number of nitrogens with zero attached hydrogens (tertiary/aromatic N) is 2. The Bertz CT molecular complexity index is 1280. The summed E-state index contributed by atoms with van der Waals surface area (Å²) in [4.78, 5) is 35.0. The first-order valence-corrected chi connectivity index (χ1v) is 11.3. The fourth-order valence-electron chi connectivity index (χ4n) is 3.05. The number of nitro benzene ring substituents is 1. The first kappa shape index (κ1) is 26.7. The van der Waals surface area contributed by atoms with Gasteiger partial charge in [0.25, 0.3) is 5.91 Å². The van der Waals surface area contributed by atoms with Crippen molar-refractivity contribution in [3.05, 3.63) is 88.0 Å². The Labute approximate surface area is 212 Å². The Morgan fingerprint density at radius 3 is 2.35 bits per heavy atom. The van der Waals surface area contributed by atoms with Gasteiger partial charge in [-0.05, 0) is 67.9 Å². The molecule has 3 aromatic carbocycles. The lowest BCUT2D eigenvalue weighted by molar-refractivity contribution is -0.385. The molecule has 0 atom stereocenters. The van der Waals surface area contributed by atoms with E-state index in [9.17, 15) is 19.7 Å². The molecule has 0 aliphatic carbocycles. The van der Waals surface area contributed by atoms with Crippen LogP contribution in [0.25, 0.3) is 0 Å². The second-order valence-electron chi connectivity index (χ2n) is 7.29. The van der Waals surface area contributed by atoms with Gasteiger partial charge in [0.2, 0.25) is 0 Å². The minimum Gasteiger partial charge on any atom is -0.494 e. The smallest absolute Gasteiger partial charge is 0.343 e. The van der Waals surface area contributed by atoms with Crippen molar-refractivity contribution in [3.63, 3.8) is 0 Å². The predicted molar refractivity (Wildman–Crippen MR) is 135 cm³/mol. The van der Waals surface area contributed by atoms with Crippen LogP contribution in [0.4, 0.5) is 5.69 Å². The Kier molecular flexibility index (Phi) is 9.54. The number of ether oxygens (including phenoxy) is 4. The van der Waals surface area contributed by atoms with Crippen molar-refractivity contribution in [1.82, 2.24) is 5.43 Å². The highest BCUT2D eigenvalue weighted by molar-refractivity contribution is 5.92. The van der Waals surface area contributed by atoms with E-state index in [1.165, 1.54) is 24.4 Å². The van der Waals surface area contributed by atoms with Gasteiger partial charge in [0.15, 0.2) is 23.9 Å². The van der Waals surface area contributed by atoms with E-state index in [0.29, 0.717) is 35.8 Å². The van der Waals surface area contributed by atoms with Gasteiger partial charge in [-0.3, -0.25) is 14.9 Å². The number of hydrazone groups is 1. The van der Waals surface area contributed by atoms with E-state index in [1.807, 2.05) is 6.92 Å². The summed E-state index contributed by atoms with van der Waals surface area (Å²) >= 11 is 0. The third-order valence-corrected chi connectivity index (χ3v) is 4.69. The molecule has 11 heteroatoms. The maximum Gasteiger partial charge on any atom is 0.343 e. The number of rotatable bonds is 12. The minimum absolute atomic E-state index is 0.0247. The monoisotopic (exact) mass is 507 g/mol. The molecule has 0 bridgehead atoms. The molecule has 11 nitrogen and oxygen atoms in total. The summed E-state index contributed by atoms with van der Waals surface area (Å²) in [5, 5.41) is 14.9. The van der Waals surface area contributed by atoms with Crippen molar-refractivity contribution >= 4 is 23.8 Å². The molecule has 0 unspecified atom stereocenters. The maximum atomic E-state index is 12.6. The Morgan fingerprint density at radius 1 is 0.919 bits per heavy atom. The number of amides is 1. The molecule has 1 amide bonds. The summed E-state index contributed by atoms with van der Waals surface area (Å²) in [7, 11) is 0. The van der Waals surface area contributed by atoms with Crippen molar-refractivity contribution in [3.8, 4) is 23.0 Å². The average molecular weight is 507 g/mol. The molecule has 3 aromatic rings. The topological polar surface area (TPSA) is 139 Å². The molecule has 0 saturated heterocycles. The first-order valence-electron chi connectivity index (χ1n) is 11.3. The van der Waals surface area contributed by atoms with Crippen molar-refractivity contribution < 1.29 is 33.5 Å². The summed E-state index contributed by atoms with van der Waals surface area (Å²) in [5.41, 5.74) is 2.95. The van der Waals surface area contributed by atoms with Gasteiger partial charge < -0.3 is 18.9 Å². The molecule has 0 aromatic heterocycles. The van der Waals surface area contributed by atoms with Crippen LogP contribution < -0.4 is 24.4 Å². The molecule has 0 fully saturated rings. The van der Waals surface area contributed by atoms with Gasteiger partial charge in [0, 0.05) is 6.07 Å². The number of hydrogen-bond acceptors (Lipinski definition) is 9. The van der Waals surface area contributed by atoms with Gasteiger partial charge >= 0.3 is 11.7 Å². The number of carbonyl (C=O) groups is 2. The molecule has 0 radical (unpaired) electrons. The summed E-state index contributed by atoms with van der Waals surface area (Å²) < 4.78 is 21.7. The Balaban J connectivity index is 1.60. The van der Waals surface area contributed by atoms with Gasteiger partial charge in [0.05, 0.1) is 29.9 Å². The molecule has 37 heavy (non-hydrogen) atoms. The van der Waals surface area contributed by atoms with Crippen LogP contribution in [-0.2, 0) is 4.79 Å².